The van der Waals surface area contributed by atoms with E-state index in [0.29, 0.717) is 0 Å². The second-order valence-electron chi connectivity index (χ2n) is 10.3. The van der Waals surface area contributed by atoms with Crippen LogP contribution in [0.2, 0.25) is 0 Å². The van der Waals surface area contributed by atoms with Gasteiger partial charge in [-0.05, 0) is 92.7 Å². The molecule has 0 aliphatic carbocycles. The molecule has 8 rings (SSSR count). The lowest BCUT2D eigenvalue weighted by molar-refractivity contribution is 1.23. The monoisotopic (exact) mass is 484 g/mol. The number of pyridine rings is 2. The van der Waals surface area contributed by atoms with Crippen molar-refractivity contribution in [2.45, 2.75) is 13.8 Å². The van der Waals surface area contributed by atoms with Crippen LogP contribution in [0.3, 0.4) is 0 Å². The quantitative estimate of drug-likeness (QED) is 0.228. The van der Waals surface area contributed by atoms with Gasteiger partial charge < -0.3 is 0 Å². The maximum absolute atomic E-state index is 4.94. The SMILES string of the molecule is Cc1ccc2cc(-c3cccc(-c4ccc5ccc6cccc7ccc4c5c67)c3)c3ccc(C)nc3c2n1. The number of fused-ring (bicyclic) bond motifs is 3. The van der Waals surface area contributed by atoms with Crippen molar-refractivity contribution in [3.05, 3.63) is 121 Å². The van der Waals surface area contributed by atoms with Gasteiger partial charge in [0, 0.05) is 22.2 Å². The van der Waals surface area contributed by atoms with E-state index in [1.807, 2.05) is 13.8 Å². The number of aromatic nitrogens is 2. The van der Waals surface area contributed by atoms with Crippen molar-refractivity contribution >= 4 is 54.1 Å². The molecule has 0 fully saturated rings. The van der Waals surface area contributed by atoms with Crippen molar-refractivity contribution in [3.63, 3.8) is 0 Å². The van der Waals surface area contributed by atoms with Crippen LogP contribution in [0.1, 0.15) is 11.4 Å². The van der Waals surface area contributed by atoms with Crippen LogP contribution in [-0.4, -0.2) is 9.97 Å². The smallest absolute Gasteiger partial charge is 0.0974 e. The minimum Gasteiger partial charge on any atom is -0.251 e. The molecule has 0 aliphatic heterocycles. The molecule has 0 unspecified atom stereocenters. The van der Waals surface area contributed by atoms with Gasteiger partial charge in [0.1, 0.15) is 0 Å². The van der Waals surface area contributed by atoms with E-state index < -0.39 is 0 Å². The van der Waals surface area contributed by atoms with Crippen LogP contribution in [-0.2, 0) is 0 Å². The average molecular weight is 485 g/mol. The highest BCUT2D eigenvalue weighted by atomic mass is 14.8. The first-order valence-electron chi connectivity index (χ1n) is 13.1. The van der Waals surface area contributed by atoms with Crippen molar-refractivity contribution in [2.24, 2.45) is 0 Å². The average Bonchev–Trinajstić information content (AvgIpc) is 2.95. The maximum Gasteiger partial charge on any atom is 0.0974 e. The molecule has 0 radical (unpaired) electrons. The van der Waals surface area contributed by atoms with Crippen molar-refractivity contribution in [1.82, 2.24) is 9.97 Å². The van der Waals surface area contributed by atoms with Gasteiger partial charge in [0.2, 0.25) is 0 Å². The predicted octanol–water partition coefficient (Wildman–Crippen LogP) is 9.63. The molecule has 2 heteroatoms. The first-order chi connectivity index (χ1) is 18.6. The van der Waals surface area contributed by atoms with Gasteiger partial charge in [-0.1, -0.05) is 84.9 Å². The summed E-state index contributed by atoms with van der Waals surface area (Å²) in [6, 6.07) is 39.9. The number of nitrogens with zero attached hydrogens (tertiary/aromatic N) is 2. The molecule has 38 heavy (non-hydrogen) atoms. The summed E-state index contributed by atoms with van der Waals surface area (Å²) in [7, 11) is 0. The summed E-state index contributed by atoms with van der Waals surface area (Å²) in [6.07, 6.45) is 0. The van der Waals surface area contributed by atoms with E-state index in [2.05, 4.69) is 109 Å². The maximum atomic E-state index is 4.94. The van der Waals surface area contributed by atoms with Crippen LogP contribution in [0, 0.1) is 13.8 Å². The third-order valence-corrected chi connectivity index (χ3v) is 7.93. The van der Waals surface area contributed by atoms with Crippen molar-refractivity contribution in [1.29, 1.82) is 0 Å². The summed E-state index contributed by atoms with van der Waals surface area (Å²) in [4.78, 5) is 9.79. The lowest BCUT2D eigenvalue weighted by atomic mass is 9.89. The second-order valence-corrected chi connectivity index (χ2v) is 10.3. The van der Waals surface area contributed by atoms with Gasteiger partial charge in [0.05, 0.1) is 11.0 Å². The van der Waals surface area contributed by atoms with Crippen LogP contribution < -0.4 is 0 Å². The summed E-state index contributed by atoms with van der Waals surface area (Å²) < 4.78 is 0. The van der Waals surface area contributed by atoms with Crippen molar-refractivity contribution in [2.75, 3.05) is 0 Å². The van der Waals surface area contributed by atoms with Crippen LogP contribution in [0.5, 0.6) is 0 Å². The molecule has 2 aromatic heterocycles. The van der Waals surface area contributed by atoms with E-state index in [1.54, 1.807) is 0 Å². The summed E-state index contributed by atoms with van der Waals surface area (Å²) in [5, 5.41) is 10.1. The Kier molecular flexibility index (Phi) is 4.39. The molecule has 6 aromatic carbocycles. The van der Waals surface area contributed by atoms with Crippen molar-refractivity contribution < 1.29 is 0 Å². The largest absolute Gasteiger partial charge is 0.251 e. The van der Waals surface area contributed by atoms with Crippen LogP contribution >= 0.6 is 0 Å². The molecule has 2 nitrogen and oxygen atoms in total. The Morgan fingerprint density at radius 2 is 1.00 bits per heavy atom. The Morgan fingerprint density at radius 3 is 1.82 bits per heavy atom. The van der Waals surface area contributed by atoms with Gasteiger partial charge in [0.25, 0.3) is 0 Å². The third kappa shape index (κ3) is 3.07. The molecule has 0 amide bonds. The first kappa shape index (κ1) is 21.3. The van der Waals surface area contributed by atoms with Gasteiger partial charge in [-0.25, -0.2) is 0 Å². The zero-order valence-corrected chi connectivity index (χ0v) is 21.3. The summed E-state index contributed by atoms with van der Waals surface area (Å²) >= 11 is 0. The molecule has 0 bridgehead atoms. The van der Waals surface area contributed by atoms with Gasteiger partial charge in [0.15, 0.2) is 0 Å². The number of hydrogen-bond donors (Lipinski definition) is 0. The minimum atomic E-state index is 0.967. The zero-order chi connectivity index (χ0) is 25.4. The van der Waals surface area contributed by atoms with E-state index >= 15 is 0 Å². The standard InChI is InChI=1S/C36H24N2/c1-21-9-11-28-20-32(31-16-10-22(2)38-36(31)35(28)37-21)27-8-4-7-26(19-27)29-17-14-25-13-12-23-5-3-6-24-15-18-30(29)34(25)33(23)24/h3-20H,1-2H3. The molecule has 0 N–H and O–H groups in total. The highest BCUT2D eigenvalue weighted by Crippen LogP contribution is 2.41. The van der Waals surface area contributed by atoms with Gasteiger partial charge in [-0.15, -0.1) is 0 Å². The summed E-state index contributed by atoms with van der Waals surface area (Å²) in [6.45, 7) is 4.08. The second kappa shape index (κ2) is 7.84. The van der Waals surface area contributed by atoms with E-state index in [9.17, 15) is 0 Å². The zero-order valence-electron chi connectivity index (χ0n) is 21.3. The Hall–Kier alpha value is -4.82. The highest BCUT2D eigenvalue weighted by molar-refractivity contribution is 6.25. The Balaban J connectivity index is 1.39. The van der Waals surface area contributed by atoms with Gasteiger partial charge in [-0.2, -0.15) is 0 Å². The Morgan fingerprint density at radius 1 is 0.421 bits per heavy atom. The van der Waals surface area contributed by atoms with Crippen LogP contribution in [0.4, 0.5) is 0 Å². The van der Waals surface area contributed by atoms with E-state index in [0.717, 1.165) is 33.2 Å². The van der Waals surface area contributed by atoms with E-state index in [4.69, 9.17) is 9.97 Å². The van der Waals surface area contributed by atoms with Gasteiger partial charge in [-0.3, -0.25) is 9.97 Å². The molecule has 8 aromatic rings. The first-order valence-corrected chi connectivity index (χ1v) is 13.1. The minimum absolute atomic E-state index is 0.967. The van der Waals surface area contributed by atoms with Gasteiger partial charge >= 0.3 is 0 Å². The van der Waals surface area contributed by atoms with E-state index in [1.165, 1.54) is 54.6 Å². The van der Waals surface area contributed by atoms with E-state index in [-0.39, 0.29) is 0 Å². The topological polar surface area (TPSA) is 25.8 Å². The lowest BCUT2D eigenvalue weighted by Gasteiger charge is -2.15. The third-order valence-electron chi connectivity index (χ3n) is 7.93. The van der Waals surface area contributed by atoms with Crippen LogP contribution in [0.15, 0.2) is 109 Å². The molecule has 0 spiro atoms. The van der Waals surface area contributed by atoms with Crippen molar-refractivity contribution in [3.8, 4) is 22.3 Å². The fraction of sp³-hybridized carbons (Fsp3) is 0.0556. The number of rotatable bonds is 2. The Bertz CT molecular complexity index is 2190. The summed E-state index contributed by atoms with van der Waals surface area (Å²) in [5.41, 5.74) is 8.79. The molecular formula is C36H24N2. The molecule has 0 atom stereocenters. The highest BCUT2D eigenvalue weighted by Gasteiger charge is 2.15. The number of hydrogen-bond acceptors (Lipinski definition) is 2. The molecule has 178 valence electrons. The molecular weight excluding hydrogens is 460 g/mol. The fourth-order valence-electron chi connectivity index (χ4n) is 6.14. The predicted molar refractivity (Wildman–Crippen MR) is 161 cm³/mol. The molecule has 0 aliphatic rings. The molecule has 2 heterocycles. The molecule has 0 saturated heterocycles. The number of benzene rings is 6. The fourth-order valence-corrected chi connectivity index (χ4v) is 6.14. The number of aryl methyl sites for hydroxylation is 2. The summed E-state index contributed by atoms with van der Waals surface area (Å²) in [5.74, 6) is 0. The Labute approximate surface area is 220 Å². The normalized spacial score (nSPS) is 11.9. The molecule has 0 saturated carbocycles. The van der Waals surface area contributed by atoms with Crippen LogP contribution in [0.25, 0.3) is 76.4 Å². The lowest BCUT2D eigenvalue weighted by Crippen LogP contribution is -1.93.